The molecule has 1 aromatic rings. The predicted octanol–water partition coefficient (Wildman–Crippen LogP) is 1.47. The first kappa shape index (κ1) is 20.0. The Kier molecular flexibility index (Phi) is 5.42. The van der Waals surface area contributed by atoms with Crippen LogP contribution in [-0.2, 0) is 19.1 Å². The number of benzene rings is 1. The van der Waals surface area contributed by atoms with Gasteiger partial charge in [0, 0.05) is 38.4 Å². The van der Waals surface area contributed by atoms with Gasteiger partial charge in [0.1, 0.15) is 11.9 Å². The maximum atomic E-state index is 13.9. The number of para-hydroxylation sites is 1. The molecule has 4 rings (SSSR count). The number of halogens is 1. The molecule has 0 bridgehead atoms. The van der Waals surface area contributed by atoms with Crippen molar-refractivity contribution >= 4 is 35.2 Å². The van der Waals surface area contributed by atoms with E-state index in [-0.39, 0.29) is 29.1 Å². The van der Waals surface area contributed by atoms with E-state index < -0.39 is 12.0 Å². The summed E-state index contributed by atoms with van der Waals surface area (Å²) in [5, 5.41) is 0. The van der Waals surface area contributed by atoms with Gasteiger partial charge >= 0.3 is 5.97 Å². The first-order valence-corrected chi connectivity index (χ1v) is 10.8. The molecule has 2 atom stereocenters. The largest absolute Gasteiger partial charge is 0.454 e. The quantitative estimate of drug-likeness (QED) is 0.686. The van der Waals surface area contributed by atoms with Crippen LogP contribution < -0.4 is 4.90 Å². The van der Waals surface area contributed by atoms with E-state index in [0.29, 0.717) is 44.0 Å². The molecule has 0 aromatic heterocycles. The molecule has 0 spiro atoms. The van der Waals surface area contributed by atoms with Gasteiger partial charge in [-0.25, -0.2) is 9.18 Å². The molecule has 0 radical (unpaired) electrons. The lowest BCUT2D eigenvalue weighted by Crippen LogP contribution is -2.51. The summed E-state index contributed by atoms with van der Waals surface area (Å²) in [5.74, 6) is -0.604. The third-order valence-corrected chi connectivity index (χ3v) is 7.39. The zero-order valence-electron chi connectivity index (χ0n) is 16.3. The van der Waals surface area contributed by atoms with Crippen LogP contribution in [0.5, 0.6) is 0 Å². The number of hydrogen-bond donors (Lipinski definition) is 0. The first-order valence-electron chi connectivity index (χ1n) is 9.79. The lowest BCUT2D eigenvalue weighted by Gasteiger charge is -2.36. The molecule has 0 saturated carbocycles. The van der Waals surface area contributed by atoms with Gasteiger partial charge in [-0.1, -0.05) is 12.1 Å². The van der Waals surface area contributed by atoms with Crippen molar-refractivity contribution in [3.05, 3.63) is 30.1 Å². The Morgan fingerprint density at radius 1 is 1.24 bits per heavy atom. The summed E-state index contributed by atoms with van der Waals surface area (Å²) in [6.45, 7) is 3.54. The Morgan fingerprint density at radius 2 is 1.97 bits per heavy atom. The molecule has 156 valence electrons. The standard InChI is InChI=1S/C20H24FN3O4S/c1-20-7-6-17(25)24(20)16(13-29-20)19(27)28-12-18(26)23-10-8-22(9-11-23)15-5-3-2-4-14(15)21/h2-5,16H,6-13H2,1H3/t16-,20-/m0/s1. The number of esters is 1. The first-order chi connectivity index (χ1) is 13.9. The van der Waals surface area contributed by atoms with Crippen LogP contribution in [0.25, 0.3) is 0 Å². The number of carbonyl (C=O) groups excluding carboxylic acids is 3. The molecule has 9 heteroatoms. The number of hydrogen-bond acceptors (Lipinski definition) is 6. The van der Waals surface area contributed by atoms with Crippen molar-refractivity contribution in [2.24, 2.45) is 0 Å². The lowest BCUT2D eigenvalue weighted by atomic mass is 10.2. The Morgan fingerprint density at radius 3 is 2.69 bits per heavy atom. The second-order valence-corrected chi connectivity index (χ2v) is 9.19. The van der Waals surface area contributed by atoms with Crippen LogP contribution in [0.3, 0.4) is 0 Å². The fraction of sp³-hybridized carbons (Fsp3) is 0.550. The predicted molar refractivity (Wildman–Crippen MR) is 107 cm³/mol. The minimum Gasteiger partial charge on any atom is -0.454 e. The Hall–Kier alpha value is -2.29. The second-order valence-electron chi connectivity index (χ2n) is 7.69. The topological polar surface area (TPSA) is 70.2 Å². The number of fused-ring (bicyclic) bond motifs is 1. The van der Waals surface area contributed by atoms with E-state index >= 15 is 0 Å². The molecular formula is C20H24FN3O4S. The monoisotopic (exact) mass is 421 g/mol. The van der Waals surface area contributed by atoms with E-state index in [1.54, 1.807) is 39.8 Å². The van der Waals surface area contributed by atoms with Crippen LogP contribution in [0, 0.1) is 5.82 Å². The summed E-state index contributed by atoms with van der Waals surface area (Å²) in [7, 11) is 0. The molecule has 29 heavy (non-hydrogen) atoms. The summed E-state index contributed by atoms with van der Waals surface area (Å²) >= 11 is 1.59. The van der Waals surface area contributed by atoms with Gasteiger partial charge in [-0.05, 0) is 25.5 Å². The molecule has 0 aliphatic carbocycles. The molecule has 7 nitrogen and oxygen atoms in total. The highest BCUT2D eigenvalue weighted by molar-refractivity contribution is 8.01. The molecule has 1 aromatic carbocycles. The summed E-state index contributed by atoms with van der Waals surface area (Å²) < 4.78 is 19.2. The summed E-state index contributed by atoms with van der Waals surface area (Å²) in [6.07, 6.45) is 1.17. The number of anilines is 1. The number of carbonyl (C=O) groups is 3. The lowest BCUT2D eigenvalue weighted by molar-refractivity contribution is -0.158. The molecule has 0 unspecified atom stereocenters. The van der Waals surface area contributed by atoms with Gasteiger partial charge in [-0.2, -0.15) is 0 Å². The van der Waals surface area contributed by atoms with Crippen molar-refractivity contribution in [1.82, 2.24) is 9.80 Å². The SMILES string of the molecule is C[C@]12CCC(=O)N1[C@H](C(=O)OCC(=O)N1CCN(c3ccccc3F)CC1)CS2. The molecule has 3 aliphatic rings. The number of amides is 2. The summed E-state index contributed by atoms with van der Waals surface area (Å²) in [4.78, 5) is 41.9. The second kappa shape index (κ2) is 7.85. The normalized spacial score (nSPS) is 26.6. The Labute approximate surface area is 173 Å². The van der Waals surface area contributed by atoms with Crippen molar-refractivity contribution in [3.8, 4) is 0 Å². The van der Waals surface area contributed by atoms with Gasteiger partial charge in [0.2, 0.25) is 5.91 Å². The number of piperazine rings is 1. The third-order valence-electron chi connectivity index (χ3n) is 5.88. The zero-order valence-corrected chi connectivity index (χ0v) is 17.1. The average molecular weight is 421 g/mol. The number of nitrogens with zero attached hydrogens (tertiary/aromatic N) is 3. The number of rotatable bonds is 4. The molecule has 0 N–H and O–H groups in total. The number of thioether (sulfide) groups is 1. The Bertz CT molecular complexity index is 830. The number of ether oxygens (including phenoxy) is 1. The molecular weight excluding hydrogens is 397 g/mol. The van der Waals surface area contributed by atoms with Gasteiger partial charge < -0.3 is 19.4 Å². The van der Waals surface area contributed by atoms with Crippen LogP contribution >= 0.6 is 11.8 Å². The fourth-order valence-corrected chi connectivity index (χ4v) is 5.64. The average Bonchev–Trinajstić information content (AvgIpc) is 3.22. The smallest absolute Gasteiger partial charge is 0.330 e. The van der Waals surface area contributed by atoms with Crippen molar-refractivity contribution in [3.63, 3.8) is 0 Å². The van der Waals surface area contributed by atoms with E-state index in [4.69, 9.17) is 4.74 Å². The van der Waals surface area contributed by atoms with Crippen LogP contribution in [0.2, 0.25) is 0 Å². The van der Waals surface area contributed by atoms with Crippen LogP contribution in [0.15, 0.2) is 24.3 Å². The van der Waals surface area contributed by atoms with Crippen molar-refractivity contribution in [2.45, 2.75) is 30.7 Å². The van der Waals surface area contributed by atoms with Crippen LogP contribution in [-0.4, -0.2) is 77.0 Å². The van der Waals surface area contributed by atoms with Crippen molar-refractivity contribution in [1.29, 1.82) is 0 Å². The molecule has 3 fully saturated rings. The van der Waals surface area contributed by atoms with Gasteiger partial charge in [0.25, 0.3) is 5.91 Å². The highest BCUT2D eigenvalue weighted by atomic mass is 32.2. The van der Waals surface area contributed by atoms with E-state index in [9.17, 15) is 18.8 Å². The van der Waals surface area contributed by atoms with E-state index in [1.807, 2.05) is 11.8 Å². The highest BCUT2D eigenvalue weighted by Gasteiger charge is 2.53. The van der Waals surface area contributed by atoms with Crippen molar-refractivity contribution in [2.75, 3.05) is 43.4 Å². The summed E-state index contributed by atoms with van der Waals surface area (Å²) in [6, 6.07) is 5.96. The minimum atomic E-state index is -0.620. The summed E-state index contributed by atoms with van der Waals surface area (Å²) in [5.41, 5.74) is 0.531. The van der Waals surface area contributed by atoms with Gasteiger partial charge in [0.05, 0.1) is 10.6 Å². The van der Waals surface area contributed by atoms with E-state index in [0.717, 1.165) is 6.42 Å². The van der Waals surface area contributed by atoms with E-state index in [2.05, 4.69) is 0 Å². The van der Waals surface area contributed by atoms with Gasteiger partial charge in [-0.3, -0.25) is 9.59 Å². The molecule has 3 heterocycles. The molecule has 2 amide bonds. The minimum absolute atomic E-state index is 0.0324. The molecule has 3 aliphatic heterocycles. The van der Waals surface area contributed by atoms with E-state index in [1.165, 1.54) is 6.07 Å². The Balaban J connectivity index is 1.27. The van der Waals surface area contributed by atoms with Crippen molar-refractivity contribution < 1.29 is 23.5 Å². The maximum Gasteiger partial charge on any atom is 0.330 e. The highest BCUT2D eigenvalue weighted by Crippen LogP contribution is 2.47. The third kappa shape index (κ3) is 3.80. The maximum absolute atomic E-state index is 13.9. The molecule has 3 saturated heterocycles. The van der Waals surface area contributed by atoms with Crippen LogP contribution in [0.4, 0.5) is 10.1 Å². The fourth-order valence-electron chi connectivity index (χ4n) is 4.22. The van der Waals surface area contributed by atoms with Crippen LogP contribution in [0.1, 0.15) is 19.8 Å². The zero-order chi connectivity index (χ0) is 20.6. The van der Waals surface area contributed by atoms with Gasteiger partial charge in [-0.15, -0.1) is 11.8 Å². The van der Waals surface area contributed by atoms with Gasteiger partial charge in [0.15, 0.2) is 6.61 Å².